The molecule has 0 radical (unpaired) electrons. The minimum absolute atomic E-state index is 0.0792. The molecule has 0 aliphatic carbocycles. The van der Waals surface area contributed by atoms with Crippen LogP contribution in [0.4, 0.5) is 0 Å². The summed E-state index contributed by atoms with van der Waals surface area (Å²) in [6.45, 7) is 2.59. The molecule has 74 valence electrons. The number of likely N-dealkylation sites (tertiary alicyclic amines) is 1. The number of amides is 1. The lowest BCUT2D eigenvalue weighted by atomic mass is 10.3. The van der Waals surface area contributed by atoms with Gasteiger partial charge in [-0.25, -0.2) is 0 Å². The number of ether oxygens (including phenoxy) is 1. The van der Waals surface area contributed by atoms with Gasteiger partial charge >= 0.3 is 5.97 Å². The summed E-state index contributed by atoms with van der Waals surface area (Å²) in [5.41, 5.74) is 0. The highest BCUT2D eigenvalue weighted by Gasteiger charge is 2.31. The Kier molecular flexibility index (Phi) is 3.28. The molecule has 0 spiro atoms. The van der Waals surface area contributed by atoms with E-state index in [-0.39, 0.29) is 11.9 Å². The van der Waals surface area contributed by atoms with Crippen LogP contribution in [0.1, 0.15) is 26.2 Å². The Morgan fingerprint density at radius 1 is 1.69 bits per heavy atom. The van der Waals surface area contributed by atoms with Crippen LogP contribution in [0.25, 0.3) is 0 Å². The highest BCUT2D eigenvalue weighted by atomic mass is 16.5. The molecule has 1 amide bonds. The molecule has 0 aromatic carbocycles. The van der Waals surface area contributed by atoms with Crippen molar-refractivity contribution in [3.8, 4) is 0 Å². The normalized spacial score (nSPS) is 22.2. The van der Waals surface area contributed by atoms with Crippen molar-refractivity contribution in [2.24, 2.45) is 0 Å². The van der Waals surface area contributed by atoms with E-state index in [9.17, 15) is 9.59 Å². The van der Waals surface area contributed by atoms with E-state index in [1.165, 1.54) is 0 Å². The summed E-state index contributed by atoms with van der Waals surface area (Å²) >= 11 is 0. The van der Waals surface area contributed by atoms with Crippen LogP contribution in [-0.2, 0) is 14.3 Å². The van der Waals surface area contributed by atoms with E-state index in [0.29, 0.717) is 19.4 Å². The van der Waals surface area contributed by atoms with Crippen LogP contribution >= 0.6 is 0 Å². The topological polar surface area (TPSA) is 46.6 Å². The fourth-order valence-electron chi connectivity index (χ4n) is 1.32. The molecule has 13 heavy (non-hydrogen) atoms. The van der Waals surface area contributed by atoms with Crippen molar-refractivity contribution < 1.29 is 14.3 Å². The quantitative estimate of drug-likeness (QED) is 0.603. The smallest absolute Gasteiger partial charge is 0.306 e. The SMILES string of the molecule is CCCC(=O)O[C@H]1CCN(C)C1=O. The molecule has 4 nitrogen and oxygen atoms in total. The van der Waals surface area contributed by atoms with Gasteiger partial charge in [-0.3, -0.25) is 9.59 Å². The lowest BCUT2D eigenvalue weighted by Gasteiger charge is -2.10. The minimum Gasteiger partial charge on any atom is -0.452 e. The van der Waals surface area contributed by atoms with Gasteiger partial charge in [0.05, 0.1) is 0 Å². The van der Waals surface area contributed by atoms with Gasteiger partial charge in [0.2, 0.25) is 0 Å². The van der Waals surface area contributed by atoms with Crippen LogP contribution in [-0.4, -0.2) is 36.5 Å². The molecular weight excluding hydrogens is 170 g/mol. The average molecular weight is 185 g/mol. The van der Waals surface area contributed by atoms with Gasteiger partial charge in [0.1, 0.15) is 0 Å². The fraction of sp³-hybridized carbons (Fsp3) is 0.778. The molecule has 1 saturated heterocycles. The number of hydrogen-bond donors (Lipinski definition) is 0. The molecule has 1 heterocycles. The monoisotopic (exact) mass is 185 g/mol. The Balaban J connectivity index is 2.38. The Labute approximate surface area is 77.8 Å². The van der Waals surface area contributed by atoms with Crippen molar-refractivity contribution in [3.63, 3.8) is 0 Å². The summed E-state index contributed by atoms with van der Waals surface area (Å²) in [7, 11) is 1.72. The Morgan fingerprint density at radius 3 is 2.85 bits per heavy atom. The van der Waals surface area contributed by atoms with E-state index in [2.05, 4.69) is 0 Å². The summed E-state index contributed by atoms with van der Waals surface area (Å²) in [6.07, 6.45) is 1.26. The van der Waals surface area contributed by atoms with Gasteiger partial charge in [-0.15, -0.1) is 0 Å². The maximum atomic E-state index is 11.3. The molecule has 0 unspecified atom stereocenters. The highest BCUT2D eigenvalue weighted by molar-refractivity contribution is 5.85. The number of nitrogens with zero attached hydrogens (tertiary/aromatic N) is 1. The lowest BCUT2D eigenvalue weighted by Crippen LogP contribution is -2.29. The van der Waals surface area contributed by atoms with Crippen LogP contribution in [0.2, 0.25) is 0 Å². The number of carbonyl (C=O) groups excluding carboxylic acids is 2. The van der Waals surface area contributed by atoms with Crippen LogP contribution in [0.5, 0.6) is 0 Å². The second-order valence-corrected chi connectivity index (χ2v) is 3.28. The maximum absolute atomic E-state index is 11.3. The minimum atomic E-state index is -0.524. The van der Waals surface area contributed by atoms with Gasteiger partial charge in [-0.05, 0) is 6.42 Å². The molecule has 0 aromatic rings. The van der Waals surface area contributed by atoms with Crippen LogP contribution in [0, 0.1) is 0 Å². The second-order valence-electron chi connectivity index (χ2n) is 3.28. The molecular formula is C9H15NO3. The van der Waals surface area contributed by atoms with Crippen molar-refractivity contribution in [3.05, 3.63) is 0 Å². The third-order valence-electron chi connectivity index (χ3n) is 2.11. The third kappa shape index (κ3) is 2.44. The Morgan fingerprint density at radius 2 is 2.38 bits per heavy atom. The molecule has 1 rings (SSSR count). The van der Waals surface area contributed by atoms with Gasteiger partial charge < -0.3 is 9.64 Å². The van der Waals surface area contributed by atoms with Crippen molar-refractivity contribution in [2.75, 3.05) is 13.6 Å². The van der Waals surface area contributed by atoms with Gasteiger partial charge in [-0.2, -0.15) is 0 Å². The predicted molar refractivity (Wildman–Crippen MR) is 47.0 cm³/mol. The first-order valence-corrected chi connectivity index (χ1v) is 4.59. The van der Waals surface area contributed by atoms with Crippen LogP contribution < -0.4 is 0 Å². The largest absolute Gasteiger partial charge is 0.452 e. The van der Waals surface area contributed by atoms with Gasteiger partial charge in [0.25, 0.3) is 5.91 Å². The van der Waals surface area contributed by atoms with E-state index in [1.807, 2.05) is 6.92 Å². The predicted octanol–water partition coefficient (Wildman–Crippen LogP) is 0.560. The number of rotatable bonds is 3. The second kappa shape index (κ2) is 4.25. The van der Waals surface area contributed by atoms with Crippen molar-refractivity contribution in [1.82, 2.24) is 4.90 Å². The number of hydrogen-bond acceptors (Lipinski definition) is 3. The summed E-state index contributed by atoms with van der Waals surface area (Å²) in [4.78, 5) is 23.9. The summed E-state index contributed by atoms with van der Waals surface area (Å²) < 4.78 is 5.00. The van der Waals surface area contributed by atoms with E-state index >= 15 is 0 Å². The maximum Gasteiger partial charge on any atom is 0.306 e. The lowest BCUT2D eigenvalue weighted by molar-refractivity contribution is -0.155. The van der Waals surface area contributed by atoms with Crippen molar-refractivity contribution >= 4 is 11.9 Å². The fourth-order valence-corrected chi connectivity index (χ4v) is 1.32. The average Bonchev–Trinajstić information content (AvgIpc) is 2.37. The van der Waals surface area contributed by atoms with Gasteiger partial charge in [0.15, 0.2) is 6.10 Å². The molecule has 1 aliphatic rings. The molecule has 1 fully saturated rings. The molecule has 0 N–H and O–H groups in total. The number of esters is 1. The Hall–Kier alpha value is -1.06. The van der Waals surface area contributed by atoms with Gasteiger partial charge in [0, 0.05) is 26.4 Å². The summed E-state index contributed by atoms with van der Waals surface area (Å²) in [5.74, 6) is -0.347. The first kappa shape index (κ1) is 10.0. The van der Waals surface area contributed by atoms with Crippen molar-refractivity contribution in [1.29, 1.82) is 0 Å². The van der Waals surface area contributed by atoms with E-state index in [4.69, 9.17) is 4.74 Å². The number of carbonyl (C=O) groups is 2. The van der Waals surface area contributed by atoms with E-state index in [0.717, 1.165) is 6.42 Å². The molecule has 1 aliphatic heterocycles. The molecule has 0 saturated carbocycles. The molecule has 4 heteroatoms. The first-order valence-electron chi connectivity index (χ1n) is 4.59. The molecule has 0 aromatic heterocycles. The van der Waals surface area contributed by atoms with Crippen LogP contribution in [0.15, 0.2) is 0 Å². The highest BCUT2D eigenvalue weighted by Crippen LogP contribution is 2.13. The summed E-state index contributed by atoms with van der Waals surface area (Å²) in [6, 6.07) is 0. The first-order chi connectivity index (χ1) is 6.15. The van der Waals surface area contributed by atoms with Gasteiger partial charge in [-0.1, -0.05) is 6.92 Å². The molecule has 0 bridgehead atoms. The number of likely N-dealkylation sites (N-methyl/N-ethyl adjacent to an activating group) is 1. The van der Waals surface area contributed by atoms with E-state index in [1.54, 1.807) is 11.9 Å². The Bertz CT molecular complexity index is 215. The zero-order valence-electron chi connectivity index (χ0n) is 8.08. The van der Waals surface area contributed by atoms with Crippen LogP contribution in [0.3, 0.4) is 0 Å². The van der Waals surface area contributed by atoms with Crippen molar-refractivity contribution in [2.45, 2.75) is 32.3 Å². The zero-order valence-corrected chi connectivity index (χ0v) is 8.08. The zero-order chi connectivity index (χ0) is 9.84. The summed E-state index contributed by atoms with van der Waals surface area (Å²) in [5, 5.41) is 0. The third-order valence-corrected chi connectivity index (χ3v) is 2.11. The molecule has 1 atom stereocenters. The standard InChI is InChI=1S/C9H15NO3/c1-3-4-8(11)13-7-5-6-10(2)9(7)12/h7H,3-6H2,1-2H3/t7-/m0/s1. The van der Waals surface area contributed by atoms with E-state index < -0.39 is 6.10 Å².